The lowest BCUT2D eigenvalue weighted by Gasteiger charge is -2.38. The van der Waals surface area contributed by atoms with Gasteiger partial charge in [0.1, 0.15) is 5.54 Å². The number of para-hydroxylation sites is 1. The number of benzene rings is 1. The Morgan fingerprint density at radius 1 is 1.19 bits per heavy atom. The monoisotopic (exact) mass is 356 g/mol. The van der Waals surface area contributed by atoms with Crippen molar-refractivity contribution in [1.82, 2.24) is 25.6 Å². The fourth-order valence-electron chi connectivity index (χ4n) is 2.98. The van der Waals surface area contributed by atoms with Crippen molar-refractivity contribution in [3.05, 3.63) is 41.7 Å². The molecule has 26 heavy (non-hydrogen) atoms. The van der Waals surface area contributed by atoms with Crippen molar-refractivity contribution in [2.24, 2.45) is 11.1 Å². The zero-order chi connectivity index (χ0) is 19.1. The summed E-state index contributed by atoms with van der Waals surface area (Å²) in [6, 6.07) is 8.43. The molecule has 4 N–H and O–H groups in total. The Hall–Kier alpha value is -3.23. The van der Waals surface area contributed by atoms with Gasteiger partial charge in [0.05, 0.1) is 11.4 Å². The van der Waals surface area contributed by atoms with Gasteiger partial charge in [-0.3, -0.25) is 14.9 Å². The van der Waals surface area contributed by atoms with Gasteiger partial charge in [-0.05, 0) is 17.5 Å². The molecule has 3 rings (SSSR count). The number of urea groups is 1. The topological polar surface area (TPSA) is 132 Å². The lowest BCUT2D eigenvalue weighted by atomic mass is 9.70. The molecule has 2 heterocycles. The van der Waals surface area contributed by atoms with E-state index in [2.05, 4.69) is 20.8 Å². The molecule has 1 aromatic carbocycles. The van der Waals surface area contributed by atoms with Crippen molar-refractivity contribution in [3.8, 4) is 5.69 Å². The number of rotatable bonds is 4. The van der Waals surface area contributed by atoms with E-state index in [9.17, 15) is 14.4 Å². The van der Waals surface area contributed by atoms with Crippen LogP contribution in [0.1, 0.15) is 37.0 Å². The fourth-order valence-corrected chi connectivity index (χ4v) is 2.98. The first kappa shape index (κ1) is 17.6. The number of imide groups is 1. The number of primary amides is 1. The summed E-state index contributed by atoms with van der Waals surface area (Å²) < 4.78 is 0. The van der Waals surface area contributed by atoms with E-state index in [-0.39, 0.29) is 17.8 Å². The highest BCUT2D eigenvalue weighted by molar-refractivity contribution is 6.07. The summed E-state index contributed by atoms with van der Waals surface area (Å²) >= 11 is 0. The number of aromatic nitrogens is 3. The summed E-state index contributed by atoms with van der Waals surface area (Å²) in [4.78, 5) is 37.5. The van der Waals surface area contributed by atoms with Crippen LogP contribution in [0.15, 0.2) is 30.3 Å². The van der Waals surface area contributed by atoms with Gasteiger partial charge >= 0.3 is 6.03 Å². The average Bonchev–Trinajstić information content (AvgIpc) is 3.10. The highest BCUT2D eigenvalue weighted by Gasteiger charge is 2.55. The smallest absolute Gasteiger partial charge is 0.322 e. The molecule has 136 valence electrons. The number of hydrogen-bond donors (Lipinski definition) is 3. The summed E-state index contributed by atoms with van der Waals surface area (Å²) in [6.07, 6.45) is -0.0147. The molecular formula is C17H20N6O3. The van der Waals surface area contributed by atoms with Crippen LogP contribution in [0, 0.1) is 5.41 Å². The number of nitrogens with zero attached hydrogens (tertiary/aromatic N) is 3. The number of amides is 4. The standard InChI is InChI=1S/C17H20N6O3/c1-16(2,3)17(14(25)19-15(26)20-17)9-11-12(13(18)24)22-23(21-11)10-7-5-4-6-8-10/h4-8H,9H2,1-3H3,(H2,18,24)(H2,19,20,25,26). The Morgan fingerprint density at radius 3 is 2.35 bits per heavy atom. The molecule has 0 aliphatic carbocycles. The van der Waals surface area contributed by atoms with Crippen LogP contribution in [0.25, 0.3) is 5.69 Å². The summed E-state index contributed by atoms with van der Waals surface area (Å²) in [7, 11) is 0. The van der Waals surface area contributed by atoms with E-state index in [1.165, 1.54) is 4.80 Å². The summed E-state index contributed by atoms with van der Waals surface area (Å²) in [5.74, 6) is -1.23. The average molecular weight is 356 g/mol. The first-order valence-corrected chi connectivity index (χ1v) is 8.09. The van der Waals surface area contributed by atoms with E-state index >= 15 is 0 Å². The van der Waals surface area contributed by atoms with Crippen molar-refractivity contribution >= 4 is 17.8 Å². The minimum atomic E-state index is -1.27. The molecule has 1 saturated heterocycles. The normalized spacial score (nSPS) is 20.0. The van der Waals surface area contributed by atoms with E-state index in [4.69, 9.17) is 5.73 Å². The van der Waals surface area contributed by atoms with Crippen molar-refractivity contribution in [3.63, 3.8) is 0 Å². The van der Waals surface area contributed by atoms with Gasteiger partial charge < -0.3 is 11.1 Å². The minimum Gasteiger partial charge on any atom is -0.364 e. The molecule has 9 nitrogen and oxygen atoms in total. The molecule has 0 saturated carbocycles. The Balaban J connectivity index is 2.08. The highest BCUT2D eigenvalue weighted by Crippen LogP contribution is 2.36. The van der Waals surface area contributed by atoms with Gasteiger partial charge in [-0.25, -0.2) is 4.79 Å². The molecule has 1 unspecified atom stereocenters. The Kier molecular flexibility index (Phi) is 4.02. The largest absolute Gasteiger partial charge is 0.364 e. The van der Waals surface area contributed by atoms with Crippen molar-refractivity contribution in [1.29, 1.82) is 0 Å². The molecule has 0 bridgehead atoms. The lowest BCUT2D eigenvalue weighted by Crippen LogP contribution is -2.58. The Bertz CT molecular complexity index is 884. The molecule has 1 aromatic heterocycles. The van der Waals surface area contributed by atoms with E-state index < -0.39 is 28.8 Å². The van der Waals surface area contributed by atoms with Crippen LogP contribution >= 0.6 is 0 Å². The molecule has 1 aliphatic heterocycles. The number of nitrogens with two attached hydrogens (primary N) is 1. The summed E-state index contributed by atoms with van der Waals surface area (Å²) in [5, 5.41) is 13.5. The third-order valence-electron chi connectivity index (χ3n) is 4.56. The predicted molar refractivity (Wildman–Crippen MR) is 92.4 cm³/mol. The zero-order valence-electron chi connectivity index (χ0n) is 14.7. The second-order valence-corrected chi connectivity index (χ2v) is 7.22. The molecule has 9 heteroatoms. The van der Waals surface area contributed by atoms with Crippen LogP contribution in [0.3, 0.4) is 0 Å². The number of carbonyl (C=O) groups excluding carboxylic acids is 3. The van der Waals surface area contributed by atoms with Crippen molar-refractivity contribution < 1.29 is 14.4 Å². The van der Waals surface area contributed by atoms with Crippen LogP contribution in [-0.2, 0) is 11.2 Å². The van der Waals surface area contributed by atoms with Gasteiger partial charge in [0, 0.05) is 6.42 Å². The molecule has 0 radical (unpaired) electrons. The van der Waals surface area contributed by atoms with E-state index in [0.717, 1.165) is 0 Å². The van der Waals surface area contributed by atoms with Crippen LogP contribution < -0.4 is 16.4 Å². The van der Waals surface area contributed by atoms with Crippen LogP contribution in [0.5, 0.6) is 0 Å². The molecule has 1 fully saturated rings. The van der Waals surface area contributed by atoms with Gasteiger partial charge in [-0.1, -0.05) is 39.0 Å². The molecule has 1 aliphatic rings. The third-order valence-corrected chi connectivity index (χ3v) is 4.56. The maximum Gasteiger partial charge on any atom is 0.322 e. The van der Waals surface area contributed by atoms with E-state index in [0.29, 0.717) is 5.69 Å². The van der Waals surface area contributed by atoms with E-state index in [1.807, 2.05) is 39.0 Å². The molecular weight excluding hydrogens is 336 g/mol. The molecule has 4 amide bonds. The Morgan fingerprint density at radius 2 is 1.85 bits per heavy atom. The predicted octanol–water partition coefficient (Wildman–Crippen LogP) is 0.533. The molecule has 2 aromatic rings. The van der Waals surface area contributed by atoms with Crippen molar-refractivity contribution in [2.45, 2.75) is 32.7 Å². The van der Waals surface area contributed by atoms with Gasteiger partial charge in [0.15, 0.2) is 5.69 Å². The summed E-state index contributed by atoms with van der Waals surface area (Å²) in [5.41, 5.74) is 4.39. The minimum absolute atomic E-state index is 0.0147. The Labute approximate surface area is 149 Å². The maximum atomic E-state index is 12.6. The number of carbonyl (C=O) groups is 3. The van der Waals surface area contributed by atoms with Crippen LogP contribution in [0.2, 0.25) is 0 Å². The molecule has 0 spiro atoms. The number of hydrogen-bond acceptors (Lipinski definition) is 5. The second-order valence-electron chi connectivity index (χ2n) is 7.22. The van der Waals surface area contributed by atoms with Crippen LogP contribution in [-0.4, -0.2) is 38.4 Å². The maximum absolute atomic E-state index is 12.6. The lowest BCUT2D eigenvalue weighted by molar-refractivity contribution is -0.127. The second kappa shape index (κ2) is 5.94. The fraction of sp³-hybridized carbons (Fsp3) is 0.353. The zero-order valence-corrected chi connectivity index (χ0v) is 14.7. The third kappa shape index (κ3) is 2.81. The van der Waals surface area contributed by atoms with Gasteiger partial charge in [-0.15, -0.1) is 5.10 Å². The van der Waals surface area contributed by atoms with Crippen molar-refractivity contribution in [2.75, 3.05) is 0 Å². The van der Waals surface area contributed by atoms with Gasteiger partial charge in [0.25, 0.3) is 11.8 Å². The van der Waals surface area contributed by atoms with Gasteiger partial charge in [-0.2, -0.15) is 9.90 Å². The van der Waals surface area contributed by atoms with E-state index in [1.54, 1.807) is 12.1 Å². The quantitative estimate of drug-likeness (QED) is 0.688. The summed E-state index contributed by atoms with van der Waals surface area (Å²) in [6.45, 7) is 5.47. The molecule has 1 atom stereocenters. The SMILES string of the molecule is CC(C)(C)C1(Cc2nn(-c3ccccc3)nc2C(N)=O)NC(=O)NC1=O. The number of nitrogens with one attached hydrogen (secondary N) is 2. The highest BCUT2D eigenvalue weighted by atomic mass is 16.2. The first-order valence-electron chi connectivity index (χ1n) is 8.09. The first-order chi connectivity index (χ1) is 12.1. The van der Waals surface area contributed by atoms with Crippen LogP contribution in [0.4, 0.5) is 4.79 Å². The van der Waals surface area contributed by atoms with Gasteiger partial charge in [0.2, 0.25) is 0 Å².